The van der Waals surface area contributed by atoms with E-state index < -0.39 is 0 Å². The van der Waals surface area contributed by atoms with Gasteiger partial charge >= 0.3 is 0 Å². The van der Waals surface area contributed by atoms with Crippen LogP contribution in [0.15, 0.2) is 12.1 Å². The molecule has 1 aromatic rings. The van der Waals surface area contributed by atoms with E-state index in [9.17, 15) is 0 Å². The molecule has 0 saturated carbocycles. The highest BCUT2D eigenvalue weighted by Crippen LogP contribution is 2.32. The Bertz CT molecular complexity index is 333. The van der Waals surface area contributed by atoms with Gasteiger partial charge in [0, 0.05) is 10.9 Å². The molecule has 1 unspecified atom stereocenters. The summed E-state index contributed by atoms with van der Waals surface area (Å²) in [6, 6.07) is 4.73. The molecular formula is C14H24ClNS. The van der Waals surface area contributed by atoms with Gasteiger partial charge in [-0.2, -0.15) is 0 Å². The first-order chi connectivity index (χ1) is 7.93. The van der Waals surface area contributed by atoms with Gasteiger partial charge < -0.3 is 5.32 Å². The summed E-state index contributed by atoms with van der Waals surface area (Å²) < 4.78 is 0.896. The Morgan fingerprint density at radius 2 is 2.12 bits per heavy atom. The van der Waals surface area contributed by atoms with Crippen molar-refractivity contribution < 1.29 is 0 Å². The van der Waals surface area contributed by atoms with Gasteiger partial charge in [0.2, 0.25) is 0 Å². The first-order valence-corrected chi connectivity index (χ1v) is 7.60. The Hall–Kier alpha value is -0.0500. The second-order valence-electron chi connectivity index (χ2n) is 5.61. The van der Waals surface area contributed by atoms with E-state index in [4.69, 9.17) is 11.6 Å². The van der Waals surface area contributed by atoms with Gasteiger partial charge in [-0.1, -0.05) is 32.4 Å². The quantitative estimate of drug-likeness (QED) is 0.756. The summed E-state index contributed by atoms with van der Waals surface area (Å²) in [4.78, 5) is 1.39. The molecule has 1 nitrogen and oxygen atoms in total. The van der Waals surface area contributed by atoms with Crippen LogP contribution in [0.4, 0.5) is 0 Å². The van der Waals surface area contributed by atoms with Gasteiger partial charge in [-0.25, -0.2) is 0 Å². The fraction of sp³-hybridized carbons (Fsp3) is 0.714. The second-order valence-corrected chi connectivity index (χ2v) is 7.41. The van der Waals surface area contributed by atoms with Crippen molar-refractivity contribution in [2.24, 2.45) is 5.41 Å². The zero-order valence-electron chi connectivity index (χ0n) is 11.3. The van der Waals surface area contributed by atoms with Crippen LogP contribution >= 0.6 is 22.9 Å². The van der Waals surface area contributed by atoms with E-state index in [0.717, 1.165) is 17.3 Å². The highest BCUT2D eigenvalue weighted by Gasteiger charge is 2.22. The summed E-state index contributed by atoms with van der Waals surface area (Å²) in [5.41, 5.74) is 0.328. The Kier molecular flexibility index (Phi) is 5.98. The number of hydrogen-bond donors (Lipinski definition) is 1. The molecule has 1 heterocycles. The number of nitrogens with one attached hydrogen (secondary N) is 1. The minimum atomic E-state index is 0.328. The van der Waals surface area contributed by atoms with Gasteiger partial charge in [0.1, 0.15) is 0 Å². The van der Waals surface area contributed by atoms with E-state index in [2.05, 4.69) is 39.1 Å². The topological polar surface area (TPSA) is 12.0 Å². The molecule has 0 spiro atoms. The van der Waals surface area contributed by atoms with Gasteiger partial charge in [0.25, 0.3) is 0 Å². The normalized spacial score (nSPS) is 13.9. The standard InChI is InChI=1S/C14H24ClNS/c1-5-8-16-11(2)9-14(3,4)10-12-6-7-13(15)17-12/h6-7,11,16H,5,8-10H2,1-4H3. The Morgan fingerprint density at radius 3 is 2.65 bits per heavy atom. The van der Waals surface area contributed by atoms with Crippen LogP contribution in [0.2, 0.25) is 4.34 Å². The molecule has 0 bridgehead atoms. The molecule has 0 radical (unpaired) electrons. The predicted octanol–water partition coefficient (Wildman–Crippen LogP) is 4.75. The third kappa shape index (κ3) is 5.89. The van der Waals surface area contributed by atoms with Crippen LogP contribution in [-0.4, -0.2) is 12.6 Å². The molecule has 3 heteroatoms. The SMILES string of the molecule is CCCNC(C)CC(C)(C)Cc1ccc(Cl)s1. The lowest BCUT2D eigenvalue weighted by molar-refractivity contribution is 0.289. The van der Waals surface area contributed by atoms with Crippen molar-refractivity contribution in [3.8, 4) is 0 Å². The largest absolute Gasteiger partial charge is 0.314 e. The molecule has 0 aliphatic carbocycles. The minimum Gasteiger partial charge on any atom is -0.314 e. The van der Waals surface area contributed by atoms with E-state index in [-0.39, 0.29) is 0 Å². The number of thiophene rings is 1. The third-order valence-corrected chi connectivity index (χ3v) is 4.11. The lowest BCUT2D eigenvalue weighted by Crippen LogP contribution is -2.32. The fourth-order valence-electron chi connectivity index (χ4n) is 2.28. The highest BCUT2D eigenvalue weighted by atomic mass is 35.5. The second kappa shape index (κ2) is 6.77. The molecule has 1 rings (SSSR count). The molecule has 0 amide bonds. The monoisotopic (exact) mass is 273 g/mol. The summed E-state index contributed by atoms with van der Waals surface area (Å²) >= 11 is 7.67. The Morgan fingerprint density at radius 1 is 1.41 bits per heavy atom. The van der Waals surface area contributed by atoms with Crippen LogP contribution < -0.4 is 5.32 Å². The number of hydrogen-bond acceptors (Lipinski definition) is 2. The number of rotatable bonds is 7. The molecular weight excluding hydrogens is 250 g/mol. The van der Waals surface area contributed by atoms with Crippen molar-refractivity contribution in [2.75, 3.05) is 6.54 Å². The maximum Gasteiger partial charge on any atom is 0.0931 e. The van der Waals surface area contributed by atoms with Crippen molar-refractivity contribution >= 4 is 22.9 Å². The van der Waals surface area contributed by atoms with Crippen LogP contribution in [0.25, 0.3) is 0 Å². The highest BCUT2D eigenvalue weighted by molar-refractivity contribution is 7.16. The van der Waals surface area contributed by atoms with Gasteiger partial charge in [-0.3, -0.25) is 0 Å². The van der Waals surface area contributed by atoms with Crippen molar-refractivity contribution in [3.05, 3.63) is 21.3 Å². The fourth-order valence-corrected chi connectivity index (χ4v) is 3.63. The van der Waals surface area contributed by atoms with Crippen LogP contribution in [0.1, 0.15) is 45.4 Å². The molecule has 0 fully saturated rings. The lowest BCUT2D eigenvalue weighted by atomic mass is 9.82. The zero-order chi connectivity index (χ0) is 12.9. The molecule has 17 heavy (non-hydrogen) atoms. The molecule has 0 aliphatic heterocycles. The van der Waals surface area contributed by atoms with Gasteiger partial charge in [-0.05, 0) is 50.3 Å². The summed E-state index contributed by atoms with van der Waals surface area (Å²) in [6.45, 7) is 10.3. The average molecular weight is 274 g/mol. The summed E-state index contributed by atoms with van der Waals surface area (Å²) in [5.74, 6) is 0. The van der Waals surface area contributed by atoms with E-state index >= 15 is 0 Å². The van der Waals surface area contributed by atoms with Crippen molar-refractivity contribution in [1.82, 2.24) is 5.32 Å². The molecule has 0 saturated heterocycles. The first-order valence-electron chi connectivity index (χ1n) is 6.40. The van der Waals surface area contributed by atoms with Gasteiger partial charge in [-0.15, -0.1) is 11.3 Å². The number of halogens is 1. The van der Waals surface area contributed by atoms with Crippen LogP contribution in [0.3, 0.4) is 0 Å². The Balaban J connectivity index is 2.44. The zero-order valence-corrected chi connectivity index (χ0v) is 12.9. The van der Waals surface area contributed by atoms with Crippen LogP contribution in [0, 0.1) is 5.41 Å². The molecule has 0 aromatic carbocycles. The smallest absolute Gasteiger partial charge is 0.0931 e. The summed E-state index contributed by atoms with van der Waals surface area (Å²) in [5, 5.41) is 3.56. The molecule has 1 N–H and O–H groups in total. The molecule has 1 atom stereocenters. The van der Waals surface area contributed by atoms with Gasteiger partial charge in [0.15, 0.2) is 0 Å². The van der Waals surface area contributed by atoms with Crippen LogP contribution in [-0.2, 0) is 6.42 Å². The lowest BCUT2D eigenvalue weighted by Gasteiger charge is -2.28. The average Bonchev–Trinajstić information content (AvgIpc) is 2.59. The summed E-state index contributed by atoms with van der Waals surface area (Å²) in [7, 11) is 0. The molecule has 98 valence electrons. The van der Waals surface area contributed by atoms with Crippen LogP contribution in [0.5, 0.6) is 0 Å². The maximum atomic E-state index is 5.97. The molecule has 0 aliphatic rings. The molecule has 1 aromatic heterocycles. The summed E-state index contributed by atoms with van der Waals surface area (Å²) in [6.07, 6.45) is 3.51. The third-order valence-electron chi connectivity index (χ3n) is 2.88. The Labute approximate surface area is 115 Å². The van der Waals surface area contributed by atoms with Crippen molar-refractivity contribution in [2.45, 2.75) is 53.0 Å². The van der Waals surface area contributed by atoms with Crippen molar-refractivity contribution in [1.29, 1.82) is 0 Å². The first kappa shape index (κ1) is 15.0. The van der Waals surface area contributed by atoms with E-state index in [0.29, 0.717) is 11.5 Å². The van der Waals surface area contributed by atoms with E-state index in [1.54, 1.807) is 11.3 Å². The minimum absolute atomic E-state index is 0.328. The predicted molar refractivity (Wildman–Crippen MR) is 79.2 cm³/mol. The van der Waals surface area contributed by atoms with Crippen molar-refractivity contribution in [3.63, 3.8) is 0 Å². The van der Waals surface area contributed by atoms with Gasteiger partial charge in [0.05, 0.1) is 4.34 Å². The van der Waals surface area contributed by atoms with E-state index in [1.165, 1.54) is 17.7 Å². The van der Waals surface area contributed by atoms with E-state index in [1.807, 2.05) is 6.07 Å². The maximum absolute atomic E-state index is 5.97.